The van der Waals surface area contributed by atoms with Crippen LogP contribution in [0.4, 0.5) is 0 Å². The van der Waals surface area contributed by atoms with Crippen molar-refractivity contribution in [2.24, 2.45) is 0 Å². The van der Waals surface area contributed by atoms with Crippen LogP contribution in [0.2, 0.25) is 0 Å². The van der Waals surface area contributed by atoms with Crippen LogP contribution < -0.4 is 4.74 Å². The summed E-state index contributed by atoms with van der Waals surface area (Å²) in [6.07, 6.45) is 2.99. The lowest BCUT2D eigenvalue weighted by molar-refractivity contribution is -0.0617. The van der Waals surface area contributed by atoms with Crippen LogP contribution in [0.15, 0.2) is 29.2 Å². The number of aliphatic hydroxyl groups excluding tert-OH is 2. The van der Waals surface area contributed by atoms with Crippen molar-refractivity contribution in [3.63, 3.8) is 0 Å². The number of nitrogens with zero attached hydrogens (tertiary/aromatic N) is 1. The molecule has 6 heteroatoms. The maximum Gasteiger partial charge on any atom is 0.119 e. The number of ether oxygens (including phenoxy) is 2. The Balaban J connectivity index is 1.81. The number of hydrogen-bond donors (Lipinski definition) is 2. The maximum absolute atomic E-state index is 10.2. The van der Waals surface area contributed by atoms with E-state index < -0.39 is 6.10 Å². The van der Waals surface area contributed by atoms with E-state index in [1.54, 1.807) is 11.8 Å². The summed E-state index contributed by atoms with van der Waals surface area (Å²) < 4.78 is 11.0. The van der Waals surface area contributed by atoms with Gasteiger partial charge in [-0.05, 0) is 50.4 Å². The third-order valence-electron chi connectivity index (χ3n) is 4.51. The highest BCUT2D eigenvalue weighted by molar-refractivity contribution is 7.98. The van der Waals surface area contributed by atoms with E-state index in [0.717, 1.165) is 18.6 Å². The quantitative estimate of drug-likeness (QED) is 0.701. The van der Waals surface area contributed by atoms with Gasteiger partial charge in [0.15, 0.2) is 0 Å². The van der Waals surface area contributed by atoms with Crippen molar-refractivity contribution in [1.82, 2.24) is 4.90 Å². The third kappa shape index (κ3) is 5.09. The van der Waals surface area contributed by atoms with Crippen LogP contribution in [0, 0.1) is 0 Å². The lowest BCUT2D eigenvalue weighted by Crippen LogP contribution is -2.55. The fourth-order valence-corrected chi connectivity index (χ4v) is 3.25. The molecule has 0 saturated carbocycles. The monoisotopic (exact) mass is 341 g/mol. The summed E-state index contributed by atoms with van der Waals surface area (Å²) in [4.78, 5) is 3.22. The first-order chi connectivity index (χ1) is 11.1. The van der Waals surface area contributed by atoms with E-state index in [1.165, 1.54) is 4.90 Å². The predicted octanol–water partition coefficient (Wildman–Crippen LogP) is 1.62. The normalized spacial score (nSPS) is 18.8. The molecule has 0 aromatic heterocycles. The van der Waals surface area contributed by atoms with Crippen molar-refractivity contribution < 1.29 is 19.7 Å². The second kappa shape index (κ2) is 8.89. The molecule has 1 saturated heterocycles. The molecule has 5 nitrogen and oxygen atoms in total. The van der Waals surface area contributed by atoms with Gasteiger partial charge in [-0.1, -0.05) is 0 Å². The second-order valence-electron chi connectivity index (χ2n) is 6.02. The molecule has 2 rings (SSSR count). The van der Waals surface area contributed by atoms with Crippen molar-refractivity contribution in [1.29, 1.82) is 0 Å². The van der Waals surface area contributed by atoms with Crippen molar-refractivity contribution in [3.05, 3.63) is 24.3 Å². The molecule has 1 aromatic carbocycles. The molecule has 1 aliphatic heterocycles. The highest BCUT2D eigenvalue weighted by Crippen LogP contribution is 2.26. The lowest BCUT2D eigenvalue weighted by atomic mass is 9.89. The van der Waals surface area contributed by atoms with Gasteiger partial charge in [0.1, 0.15) is 18.5 Å². The van der Waals surface area contributed by atoms with Crippen LogP contribution in [-0.4, -0.2) is 73.0 Å². The molecule has 1 fully saturated rings. The molecule has 23 heavy (non-hydrogen) atoms. The van der Waals surface area contributed by atoms with E-state index in [9.17, 15) is 10.2 Å². The van der Waals surface area contributed by atoms with E-state index in [-0.39, 0.29) is 18.8 Å². The SMILES string of the molecule is CSc1ccc(OCC(O)CN(C)C2(CO)CCOCC2)cc1. The van der Waals surface area contributed by atoms with Crippen molar-refractivity contribution in [2.45, 2.75) is 29.4 Å². The molecular weight excluding hydrogens is 314 g/mol. The summed E-state index contributed by atoms with van der Waals surface area (Å²) in [5.74, 6) is 0.757. The predicted molar refractivity (Wildman–Crippen MR) is 92.2 cm³/mol. The van der Waals surface area contributed by atoms with Crippen LogP contribution >= 0.6 is 11.8 Å². The van der Waals surface area contributed by atoms with E-state index in [2.05, 4.69) is 0 Å². The Hall–Kier alpha value is -0.790. The topological polar surface area (TPSA) is 62.2 Å². The standard InChI is InChI=1S/C17H27NO4S/c1-18(17(13-19)7-9-21-10-8-17)11-14(20)12-22-15-3-5-16(23-2)6-4-15/h3-6,14,19-20H,7-13H2,1-2H3. The van der Waals surface area contributed by atoms with Gasteiger partial charge in [-0.2, -0.15) is 0 Å². The Labute approximate surface area is 142 Å². The second-order valence-corrected chi connectivity index (χ2v) is 6.90. The fraction of sp³-hybridized carbons (Fsp3) is 0.647. The van der Waals surface area contributed by atoms with Crippen LogP contribution in [0.25, 0.3) is 0 Å². The zero-order valence-electron chi connectivity index (χ0n) is 13.9. The Morgan fingerprint density at radius 3 is 2.52 bits per heavy atom. The minimum atomic E-state index is -0.605. The molecule has 1 aromatic rings. The first kappa shape index (κ1) is 18.5. The lowest BCUT2D eigenvalue weighted by Gasteiger charge is -2.43. The van der Waals surface area contributed by atoms with E-state index in [4.69, 9.17) is 9.47 Å². The van der Waals surface area contributed by atoms with Crippen LogP contribution in [0.3, 0.4) is 0 Å². The zero-order valence-corrected chi connectivity index (χ0v) is 14.7. The Morgan fingerprint density at radius 1 is 1.30 bits per heavy atom. The van der Waals surface area contributed by atoms with Crippen molar-refractivity contribution in [2.75, 3.05) is 46.3 Å². The smallest absolute Gasteiger partial charge is 0.119 e. The summed E-state index contributed by atoms with van der Waals surface area (Å²) >= 11 is 1.68. The fourth-order valence-electron chi connectivity index (χ4n) is 2.84. The molecule has 0 spiro atoms. The molecule has 1 heterocycles. The average Bonchev–Trinajstić information content (AvgIpc) is 2.60. The number of rotatable bonds is 8. The zero-order chi connectivity index (χ0) is 16.7. The van der Waals surface area contributed by atoms with Crippen molar-refractivity contribution >= 4 is 11.8 Å². The molecule has 0 amide bonds. The molecule has 130 valence electrons. The minimum Gasteiger partial charge on any atom is -0.491 e. The van der Waals surface area contributed by atoms with Gasteiger partial charge in [0.2, 0.25) is 0 Å². The minimum absolute atomic E-state index is 0.0799. The number of hydrogen-bond acceptors (Lipinski definition) is 6. The van der Waals surface area contributed by atoms with Crippen molar-refractivity contribution in [3.8, 4) is 5.75 Å². The third-order valence-corrected chi connectivity index (χ3v) is 5.26. The molecule has 0 radical (unpaired) electrons. The largest absolute Gasteiger partial charge is 0.491 e. The van der Waals surface area contributed by atoms with Gasteiger partial charge in [-0.3, -0.25) is 4.90 Å². The van der Waals surface area contributed by atoms with E-state index >= 15 is 0 Å². The Kier molecular flexibility index (Phi) is 7.17. The number of thioether (sulfide) groups is 1. The van der Waals surface area contributed by atoms with Crippen LogP contribution in [0.5, 0.6) is 5.75 Å². The summed E-state index contributed by atoms with van der Waals surface area (Å²) in [7, 11) is 1.94. The Bertz CT molecular complexity index is 462. The van der Waals surface area contributed by atoms with Gasteiger partial charge in [0.05, 0.1) is 6.61 Å². The van der Waals surface area contributed by atoms with Crippen LogP contribution in [-0.2, 0) is 4.74 Å². The van der Waals surface area contributed by atoms with E-state index in [0.29, 0.717) is 19.8 Å². The van der Waals surface area contributed by atoms with Gasteiger partial charge < -0.3 is 19.7 Å². The number of likely N-dealkylation sites (N-methyl/N-ethyl adjacent to an activating group) is 1. The van der Waals surface area contributed by atoms with Gasteiger partial charge in [-0.15, -0.1) is 11.8 Å². The summed E-state index contributed by atoms with van der Waals surface area (Å²) in [5, 5.41) is 20.0. The van der Waals surface area contributed by atoms with Gasteiger partial charge in [0.25, 0.3) is 0 Å². The molecule has 0 aliphatic carbocycles. The van der Waals surface area contributed by atoms with Gasteiger partial charge in [0, 0.05) is 30.2 Å². The highest BCUT2D eigenvalue weighted by atomic mass is 32.2. The molecular formula is C17H27NO4S. The number of aliphatic hydroxyl groups is 2. The number of β-amino-alcohol motifs (C(OH)–C–C–N with tert-alkyl or cyclic N) is 1. The first-order valence-electron chi connectivity index (χ1n) is 7.94. The first-order valence-corrected chi connectivity index (χ1v) is 9.17. The summed E-state index contributed by atoms with van der Waals surface area (Å²) in [6, 6.07) is 7.83. The molecule has 2 N–H and O–H groups in total. The maximum atomic E-state index is 10.2. The van der Waals surface area contributed by atoms with E-state index in [1.807, 2.05) is 42.5 Å². The average molecular weight is 341 g/mol. The van der Waals surface area contributed by atoms with Gasteiger partial charge >= 0.3 is 0 Å². The summed E-state index contributed by atoms with van der Waals surface area (Å²) in [5.41, 5.74) is -0.292. The highest BCUT2D eigenvalue weighted by Gasteiger charge is 2.36. The van der Waals surface area contributed by atoms with Gasteiger partial charge in [-0.25, -0.2) is 0 Å². The molecule has 0 bridgehead atoms. The Morgan fingerprint density at radius 2 is 1.96 bits per heavy atom. The number of benzene rings is 1. The van der Waals surface area contributed by atoms with Crippen LogP contribution in [0.1, 0.15) is 12.8 Å². The molecule has 1 unspecified atom stereocenters. The molecule has 1 atom stereocenters. The molecule has 1 aliphatic rings. The summed E-state index contributed by atoms with van der Waals surface area (Å²) in [6.45, 7) is 2.08.